The highest BCUT2D eigenvalue weighted by molar-refractivity contribution is 6.07. The molecule has 4 rings (SSSR count). The van der Waals surface area contributed by atoms with Crippen molar-refractivity contribution in [1.29, 1.82) is 0 Å². The number of carbonyl (C=O) groups is 2. The van der Waals surface area contributed by atoms with Crippen LogP contribution in [0.2, 0.25) is 0 Å². The van der Waals surface area contributed by atoms with Crippen LogP contribution in [0.25, 0.3) is 10.9 Å². The number of fused-ring (bicyclic) bond motifs is 1. The molecule has 40 heavy (non-hydrogen) atoms. The Hall–Kier alpha value is -4.83. The molecule has 0 aliphatic carbocycles. The fourth-order valence-electron chi connectivity index (χ4n) is 4.15. The van der Waals surface area contributed by atoms with E-state index in [0.717, 1.165) is 11.1 Å². The van der Waals surface area contributed by atoms with Crippen molar-refractivity contribution in [3.05, 3.63) is 93.3 Å². The molecule has 0 spiro atoms. The molecule has 0 fully saturated rings. The fourth-order valence-corrected chi connectivity index (χ4v) is 4.15. The number of nitrogen functional groups attached to an aromatic ring is 1. The van der Waals surface area contributed by atoms with E-state index in [9.17, 15) is 14.4 Å². The maximum absolute atomic E-state index is 13.2. The Kier molecular flexibility index (Phi) is 9.03. The Morgan fingerprint density at radius 1 is 0.950 bits per heavy atom. The molecule has 0 aliphatic rings. The summed E-state index contributed by atoms with van der Waals surface area (Å²) >= 11 is 0. The minimum atomic E-state index is -0.610. The van der Waals surface area contributed by atoms with E-state index in [2.05, 4.69) is 15.6 Å². The summed E-state index contributed by atoms with van der Waals surface area (Å²) < 4.78 is 16.1. The largest absolute Gasteiger partial charge is 0.493 e. The van der Waals surface area contributed by atoms with Crippen LogP contribution in [0.4, 0.5) is 11.4 Å². The van der Waals surface area contributed by atoms with Gasteiger partial charge in [0.25, 0.3) is 17.4 Å². The zero-order valence-corrected chi connectivity index (χ0v) is 22.6. The molecule has 4 aromatic rings. The summed E-state index contributed by atoms with van der Waals surface area (Å²) in [6.45, 7) is 2.89. The molecule has 1 aromatic heterocycles. The van der Waals surface area contributed by atoms with Crippen LogP contribution in [0, 0.1) is 6.92 Å². The molecule has 0 bridgehead atoms. The highest BCUT2D eigenvalue weighted by atomic mass is 16.5. The minimum absolute atomic E-state index is 0.0878. The Morgan fingerprint density at radius 2 is 1.75 bits per heavy atom. The topological polar surface area (TPSA) is 145 Å². The molecule has 2 amide bonds. The van der Waals surface area contributed by atoms with Gasteiger partial charge in [-0.15, -0.1) is 0 Å². The standard InChI is InChI=1S/C30H32N4O6/c1-18-8-9-20(28(35)32-11-10-19-6-4-5-7-23(19)31)15-24(18)33-29(36)22-14-21-16-27(40-13-12-38-2)26(39-3)17-25(21)34-30(22)37/h4-9,14-17H,10-13,31H2,1-3H3,(H,32,35)(H,33,36)(H,34,37). The van der Waals surface area contributed by atoms with E-state index in [0.29, 0.717) is 65.5 Å². The van der Waals surface area contributed by atoms with Gasteiger partial charge >= 0.3 is 0 Å². The Bertz CT molecular complexity index is 1600. The number of aromatic amines is 1. The molecule has 1 heterocycles. The van der Waals surface area contributed by atoms with Crippen molar-refractivity contribution in [2.45, 2.75) is 13.3 Å². The van der Waals surface area contributed by atoms with Crippen molar-refractivity contribution in [1.82, 2.24) is 10.3 Å². The highest BCUT2D eigenvalue weighted by Gasteiger charge is 2.17. The van der Waals surface area contributed by atoms with Gasteiger partial charge in [0.2, 0.25) is 0 Å². The molecular weight excluding hydrogens is 512 g/mol. The van der Waals surface area contributed by atoms with E-state index in [-0.39, 0.29) is 11.5 Å². The number of carbonyl (C=O) groups excluding carboxylic acids is 2. The third-order valence-electron chi connectivity index (χ3n) is 6.40. The number of aryl methyl sites for hydroxylation is 1. The van der Waals surface area contributed by atoms with Gasteiger partial charge in [-0.25, -0.2) is 0 Å². The van der Waals surface area contributed by atoms with Crippen molar-refractivity contribution in [2.75, 3.05) is 45.0 Å². The third kappa shape index (κ3) is 6.59. The zero-order valence-electron chi connectivity index (χ0n) is 22.6. The number of benzene rings is 3. The number of nitrogens with one attached hydrogen (secondary N) is 3. The Labute approximate surface area is 231 Å². The summed E-state index contributed by atoms with van der Waals surface area (Å²) in [5.41, 5.74) is 8.97. The van der Waals surface area contributed by atoms with Gasteiger partial charge in [0.1, 0.15) is 12.2 Å². The molecule has 0 atom stereocenters. The van der Waals surface area contributed by atoms with Crippen LogP contribution in [-0.2, 0) is 11.2 Å². The number of rotatable bonds is 11. The summed E-state index contributed by atoms with van der Waals surface area (Å²) in [4.78, 5) is 41.5. The maximum Gasteiger partial charge on any atom is 0.261 e. The molecule has 10 nitrogen and oxygen atoms in total. The predicted molar refractivity (Wildman–Crippen MR) is 155 cm³/mol. The number of aromatic nitrogens is 1. The molecule has 0 aliphatic heterocycles. The van der Waals surface area contributed by atoms with Gasteiger partial charge in [-0.05, 0) is 54.8 Å². The van der Waals surface area contributed by atoms with Gasteiger partial charge in [-0.3, -0.25) is 14.4 Å². The first-order chi connectivity index (χ1) is 19.3. The number of hydrogen-bond donors (Lipinski definition) is 4. The van der Waals surface area contributed by atoms with Crippen LogP contribution in [0.1, 0.15) is 31.8 Å². The quantitative estimate of drug-likeness (QED) is 0.167. The molecule has 3 aromatic carbocycles. The number of H-pyrrole nitrogens is 1. The van der Waals surface area contributed by atoms with Crippen molar-refractivity contribution in [2.24, 2.45) is 0 Å². The van der Waals surface area contributed by atoms with Gasteiger partial charge in [-0.2, -0.15) is 0 Å². The number of anilines is 2. The lowest BCUT2D eigenvalue weighted by molar-refractivity contribution is 0.0952. The van der Waals surface area contributed by atoms with Crippen LogP contribution in [0.5, 0.6) is 11.5 Å². The third-order valence-corrected chi connectivity index (χ3v) is 6.40. The monoisotopic (exact) mass is 544 g/mol. The van der Waals surface area contributed by atoms with Gasteiger partial charge < -0.3 is 35.6 Å². The summed E-state index contributed by atoms with van der Waals surface area (Å²) in [6, 6.07) is 17.3. The molecule has 208 valence electrons. The first-order valence-corrected chi connectivity index (χ1v) is 12.7. The second-order valence-electron chi connectivity index (χ2n) is 9.13. The number of methoxy groups -OCH3 is 2. The summed E-state index contributed by atoms with van der Waals surface area (Å²) in [6.07, 6.45) is 0.587. The predicted octanol–water partition coefficient (Wildman–Crippen LogP) is 3.68. The van der Waals surface area contributed by atoms with Crippen LogP contribution < -0.4 is 31.4 Å². The van der Waals surface area contributed by atoms with Gasteiger partial charge in [0.15, 0.2) is 11.5 Å². The number of ether oxygens (including phenoxy) is 3. The average Bonchev–Trinajstić information content (AvgIpc) is 2.94. The van der Waals surface area contributed by atoms with Crippen LogP contribution in [0.15, 0.2) is 65.5 Å². The second kappa shape index (κ2) is 12.8. The Balaban J connectivity index is 1.51. The lowest BCUT2D eigenvalue weighted by Gasteiger charge is -2.13. The van der Waals surface area contributed by atoms with Gasteiger partial charge in [-0.1, -0.05) is 24.3 Å². The minimum Gasteiger partial charge on any atom is -0.493 e. The number of amides is 2. The molecule has 5 N–H and O–H groups in total. The van der Waals surface area contributed by atoms with E-state index in [1.165, 1.54) is 13.2 Å². The molecular formula is C30H32N4O6. The number of para-hydroxylation sites is 1. The van der Waals surface area contributed by atoms with Crippen LogP contribution in [-0.4, -0.2) is 50.8 Å². The molecule has 0 unspecified atom stereocenters. The summed E-state index contributed by atoms with van der Waals surface area (Å²) in [5, 5.41) is 6.23. The SMILES string of the molecule is COCCOc1cc2cc(C(=O)Nc3cc(C(=O)NCCc4ccccc4N)ccc3C)c(=O)[nH]c2cc1OC. The Morgan fingerprint density at radius 3 is 2.50 bits per heavy atom. The molecule has 0 saturated carbocycles. The van der Waals surface area contributed by atoms with Gasteiger partial charge in [0, 0.05) is 42.0 Å². The second-order valence-corrected chi connectivity index (χ2v) is 9.13. The lowest BCUT2D eigenvalue weighted by atomic mass is 10.1. The van der Waals surface area contributed by atoms with E-state index in [1.807, 2.05) is 24.3 Å². The van der Waals surface area contributed by atoms with Crippen molar-refractivity contribution in [3.8, 4) is 11.5 Å². The molecule has 0 radical (unpaired) electrons. The smallest absolute Gasteiger partial charge is 0.261 e. The number of hydrogen-bond acceptors (Lipinski definition) is 7. The fraction of sp³-hybridized carbons (Fsp3) is 0.233. The van der Waals surface area contributed by atoms with E-state index in [1.54, 1.807) is 44.4 Å². The number of nitrogens with two attached hydrogens (primary N) is 1. The van der Waals surface area contributed by atoms with E-state index >= 15 is 0 Å². The molecule has 0 saturated heterocycles. The zero-order chi connectivity index (χ0) is 28.6. The lowest BCUT2D eigenvalue weighted by Crippen LogP contribution is -2.26. The van der Waals surface area contributed by atoms with Gasteiger partial charge in [0.05, 0.1) is 19.2 Å². The summed E-state index contributed by atoms with van der Waals surface area (Å²) in [7, 11) is 3.07. The van der Waals surface area contributed by atoms with E-state index in [4.69, 9.17) is 19.9 Å². The summed E-state index contributed by atoms with van der Waals surface area (Å²) in [5.74, 6) is -0.00564. The van der Waals surface area contributed by atoms with Crippen LogP contribution in [0.3, 0.4) is 0 Å². The van der Waals surface area contributed by atoms with Crippen molar-refractivity contribution < 1.29 is 23.8 Å². The average molecular weight is 545 g/mol. The number of pyridine rings is 1. The van der Waals surface area contributed by atoms with E-state index < -0.39 is 11.5 Å². The first kappa shape index (κ1) is 28.2. The molecule has 10 heteroatoms. The highest BCUT2D eigenvalue weighted by Crippen LogP contribution is 2.31. The van der Waals surface area contributed by atoms with Crippen molar-refractivity contribution in [3.63, 3.8) is 0 Å². The maximum atomic E-state index is 13.2. The first-order valence-electron chi connectivity index (χ1n) is 12.7. The van der Waals surface area contributed by atoms with Crippen molar-refractivity contribution >= 4 is 34.1 Å². The van der Waals surface area contributed by atoms with Crippen LogP contribution >= 0.6 is 0 Å². The normalized spacial score (nSPS) is 10.8.